The van der Waals surface area contributed by atoms with Gasteiger partial charge < -0.3 is 10.2 Å². The number of aliphatic hydroxyl groups is 1. The van der Waals surface area contributed by atoms with E-state index in [2.05, 4.69) is 0 Å². The Labute approximate surface area is 84.3 Å². The number of carbonyl (C=O) groups is 1. The molecule has 0 aromatic rings. The number of carboxylic acids is 1. The van der Waals surface area contributed by atoms with Crippen molar-refractivity contribution in [3.05, 3.63) is 0 Å². The second-order valence-corrected chi connectivity index (χ2v) is 3.68. The fraction of sp³-hybridized carbons (Fsp3) is 0.875. The number of aliphatic hydroxyl groups excluding tert-OH is 1. The smallest absolute Gasteiger partial charge is 0.393 e. The van der Waals surface area contributed by atoms with Gasteiger partial charge in [0.2, 0.25) is 0 Å². The van der Waals surface area contributed by atoms with E-state index < -0.39 is 37.1 Å². The molecule has 1 aliphatic heterocycles. The normalized spacial score (nSPS) is 28.3. The topological polar surface area (TPSA) is 60.8 Å². The minimum Gasteiger partial charge on any atom is -0.480 e. The summed E-state index contributed by atoms with van der Waals surface area (Å²) in [5.41, 5.74) is 0. The van der Waals surface area contributed by atoms with Crippen LogP contribution in [0.3, 0.4) is 0 Å². The molecule has 0 unspecified atom stereocenters. The minimum atomic E-state index is -4.37. The van der Waals surface area contributed by atoms with Gasteiger partial charge in [-0.1, -0.05) is 0 Å². The molecular weight excluding hydrogens is 215 g/mol. The molecule has 1 saturated heterocycles. The molecule has 2 atom stereocenters. The maximum atomic E-state index is 12.4. The molecule has 0 aromatic carbocycles. The predicted octanol–water partition coefficient (Wildman–Crippen LogP) is 0.174. The standard InChI is InChI=1S/C8H12F3NO3/c9-8(10,11)6-2-12(3-7(14)15)1-5(6)4-13/h5-6,13H,1-4H2,(H,14,15)/t5-,6-/m0/s1. The SMILES string of the molecule is O=C(O)CN1C[C@@H](CO)[C@@H](C(F)(F)F)C1. The van der Waals surface area contributed by atoms with Crippen LogP contribution in [0.1, 0.15) is 0 Å². The lowest BCUT2D eigenvalue weighted by Crippen LogP contribution is -2.32. The molecule has 0 aliphatic carbocycles. The first-order valence-corrected chi connectivity index (χ1v) is 4.46. The Morgan fingerprint density at radius 2 is 2.00 bits per heavy atom. The van der Waals surface area contributed by atoms with Gasteiger partial charge in [-0.2, -0.15) is 13.2 Å². The summed E-state index contributed by atoms with van der Waals surface area (Å²) in [6, 6.07) is 0. The Bertz CT molecular complexity index is 244. The number of nitrogens with zero attached hydrogens (tertiary/aromatic N) is 1. The van der Waals surface area contributed by atoms with Crippen molar-refractivity contribution in [2.75, 3.05) is 26.2 Å². The zero-order chi connectivity index (χ0) is 11.6. The Balaban J connectivity index is 2.63. The molecule has 7 heteroatoms. The largest absolute Gasteiger partial charge is 0.480 e. The summed E-state index contributed by atoms with van der Waals surface area (Å²) in [6.45, 7) is -1.35. The van der Waals surface area contributed by atoms with E-state index in [1.165, 1.54) is 4.90 Å². The van der Waals surface area contributed by atoms with Crippen molar-refractivity contribution in [3.8, 4) is 0 Å². The van der Waals surface area contributed by atoms with Crippen LogP contribution in [0.2, 0.25) is 0 Å². The molecule has 1 heterocycles. The van der Waals surface area contributed by atoms with Crippen LogP contribution in [0.5, 0.6) is 0 Å². The highest BCUT2D eigenvalue weighted by molar-refractivity contribution is 5.69. The van der Waals surface area contributed by atoms with Gasteiger partial charge in [0.15, 0.2) is 0 Å². The predicted molar refractivity (Wildman–Crippen MR) is 44.2 cm³/mol. The second-order valence-electron chi connectivity index (χ2n) is 3.68. The van der Waals surface area contributed by atoms with Gasteiger partial charge in [0.25, 0.3) is 0 Å². The molecule has 0 saturated carbocycles. The molecule has 1 rings (SSSR count). The van der Waals surface area contributed by atoms with Crippen molar-refractivity contribution in [2.24, 2.45) is 11.8 Å². The summed E-state index contributed by atoms with van der Waals surface area (Å²) < 4.78 is 37.3. The lowest BCUT2D eigenvalue weighted by atomic mass is 9.97. The van der Waals surface area contributed by atoms with E-state index in [0.717, 1.165) is 0 Å². The molecule has 0 amide bonds. The molecule has 1 fully saturated rings. The van der Waals surface area contributed by atoms with Crippen molar-refractivity contribution >= 4 is 5.97 Å². The number of carboxylic acid groups (broad SMARTS) is 1. The first-order chi connectivity index (χ1) is 6.84. The van der Waals surface area contributed by atoms with Crippen molar-refractivity contribution in [3.63, 3.8) is 0 Å². The van der Waals surface area contributed by atoms with E-state index in [0.29, 0.717) is 0 Å². The van der Waals surface area contributed by atoms with Crippen LogP contribution in [-0.2, 0) is 4.79 Å². The number of halogens is 3. The van der Waals surface area contributed by atoms with Crippen LogP contribution in [0, 0.1) is 11.8 Å². The zero-order valence-corrected chi connectivity index (χ0v) is 7.87. The van der Waals surface area contributed by atoms with Gasteiger partial charge in [-0.05, 0) is 0 Å². The first-order valence-electron chi connectivity index (χ1n) is 4.46. The zero-order valence-electron chi connectivity index (χ0n) is 7.87. The summed E-state index contributed by atoms with van der Waals surface area (Å²) in [6.07, 6.45) is -4.37. The average Bonchev–Trinajstić information content (AvgIpc) is 2.45. The van der Waals surface area contributed by atoms with Gasteiger partial charge in [0, 0.05) is 25.6 Å². The van der Waals surface area contributed by atoms with Crippen molar-refractivity contribution < 1.29 is 28.2 Å². The average molecular weight is 227 g/mol. The van der Waals surface area contributed by atoms with Crippen LogP contribution >= 0.6 is 0 Å². The molecule has 0 spiro atoms. The molecule has 1 aliphatic rings. The maximum absolute atomic E-state index is 12.4. The van der Waals surface area contributed by atoms with E-state index in [1.807, 2.05) is 0 Å². The number of hydrogen-bond acceptors (Lipinski definition) is 3. The van der Waals surface area contributed by atoms with E-state index in [1.54, 1.807) is 0 Å². The van der Waals surface area contributed by atoms with Gasteiger partial charge in [-0.3, -0.25) is 9.69 Å². The van der Waals surface area contributed by atoms with Gasteiger partial charge in [-0.25, -0.2) is 0 Å². The van der Waals surface area contributed by atoms with Crippen LogP contribution in [0.15, 0.2) is 0 Å². The van der Waals surface area contributed by atoms with E-state index >= 15 is 0 Å². The van der Waals surface area contributed by atoms with Crippen molar-refractivity contribution in [1.82, 2.24) is 4.90 Å². The van der Waals surface area contributed by atoms with Crippen LogP contribution < -0.4 is 0 Å². The van der Waals surface area contributed by atoms with E-state index in [9.17, 15) is 18.0 Å². The molecule has 88 valence electrons. The highest BCUT2D eigenvalue weighted by Gasteiger charge is 2.49. The highest BCUT2D eigenvalue weighted by atomic mass is 19.4. The number of hydrogen-bond donors (Lipinski definition) is 2. The van der Waals surface area contributed by atoms with Crippen LogP contribution in [0.4, 0.5) is 13.2 Å². The molecule has 4 nitrogen and oxygen atoms in total. The monoisotopic (exact) mass is 227 g/mol. The maximum Gasteiger partial charge on any atom is 0.393 e. The number of likely N-dealkylation sites (tertiary alicyclic amines) is 1. The van der Waals surface area contributed by atoms with Crippen molar-refractivity contribution in [1.29, 1.82) is 0 Å². The molecule has 0 aromatic heterocycles. The van der Waals surface area contributed by atoms with Crippen LogP contribution in [0.25, 0.3) is 0 Å². The highest BCUT2D eigenvalue weighted by Crippen LogP contribution is 2.37. The summed E-state index contributed by atoms with van der Waals surface area (Å²) >= 11 is 0. The van der Waals surface area contributed by atoms with E-state index in [4.69, 9.17) is 10.2 Å². The third-order valence-corrected chi connectivity index (χ3v) is 2.53. The lowest BCUT2D eigenvalue weighted by molar-refractivity contribution is -0.183. The summed E-state index contributed by atoms with van der Waals surface area (Å²) in [4.78, 5) is 11.5. The number of rotatable bonds is 3. The summed E-state index contributed by atoms with van der Waals surface area (Å²) in [5.74, 6) is -3.69. The molecule has 15 heavy (non-hydrogen) atoms. The Hall–Kier alpha value is -0.820. The van der Waals surface area contributed by atoms with Crippen LogP contribution in [-0.4, -0.2) is 53.5 Å². The van der Waals surface area contributed by atoms with Crippen molar-refractivity contribution in [2.45, 2.75) is 6.18 Å². The third-order valence-electron chi connectivity index (χ3n) is 2.53. The minimum absolute atomic E-state index is 0.0209. The molecule has 2 N–H and O–H groups in total. The van der Waals surface area contributed by atoms with E-state index in [-0.39, 0.29) is 13.1 Å². The summed E-state index contributed by atoms with van der Waals surface area (Å²) in [5, 5.41) is 17.2. The quantitative estimate of drug-likeness (QED) is 0.721. The Morgan fingerprint density at radius 1 is 1.40 bits per heavy atom. The van der Waals surface area contributed by atoms with Gasteiger partial charge >= 0.3 is 12.1 Å². The van der Waals surface area contributed by atoms with Gasteiger partial charge in [0.1, 0.15) is 0 Å². The fourth-order valence-corrected chi connectivity index (χ4v) is 1.84. The number of alkyl halides is 3. The second kappa shape index (κ2) is 4.36. The number of aliphatic carboxylic acids is 1. The third kappa shape index (κ3) is 3.07. The fourth-order valence-electron chi connectivity index (χ4n) is 1.84. The lowest BCUT2D eigenvalue weighted by Gasteiger charge is -2.19. The van der Waals surface area contributed by atoms with Gasteiger partial charge in [0.05, 0.1) is 12.5 Å². The van der Waals surface area contributed by atoms with Gasteiger partial charge in [-0.15, -0.1) is 0 Å². The summed E-state index contributed by atoms with van der Waals surface area (Å²) in [7, 11) is 0. The molecular formula is C8H12F3NO3. The Kier molecular flexibility index (Phi) is 3.56. The molecule has 0 bridgehead atoms. The Morgan fingerprint density at radius 3 is 2.33 bits per heavy atom. The first kappa shape index (κ1) is 12.3. The molecule has 0 radical (unpaired) electrons.